The van der Waals surface area contributed by atoms with Crippen molar-refractivity contribution < 1.29 is 9.59 Å². The number of allylic oxidation sites excluding steroid dienone is 2. The Morgan fingerprint density at radius 1 is 1.12 bits per heavy atom. The van der Waals surface area contributed by atoms with E-state index in [1.165, 1.54) is 5.56 Å². The van der Waals surface area contributed by atoms with Gasteiger partial charge in [-0.3, -0.25) is 9.59 Å². The van der Waals surface area contributed by atoms with Gasteiger partial charge < -0.3 is 10.6 Å². The number of carbonyl (C=O) groups excluding carboxylic acids is 2. The molecular formula is C25H23ClN4O2. The minimum Gasteiger partial charge on any atom is -0.343 e. The highest BCUT2D eigenvalue weighted by Crippen LogP contribution is 2.41. The number of halogens is 1. The fourth-order valence-electron chi connectivity index (χ4n) is 4.40. The van der Waals surface area contributed by atoms with Gasteiger partial charge in [0.2, 0.25) is 0 Å². The molecule has 2 aliphatic rings. The van der Waals surface area contributed by atoms with Gasteiger partial charge in [-0.2, -0.15) is 5.10 Å². The van der Waals surface area contributed by atoms with Crippen LogP contribution < -0.4 is 10.6 Å². The summed E-state index contributed by atoms with van der Waals surface area (Å²) in [7, 11) is 0. The number of fused-ring (bicyclic) bond motifs is 1. The SMILES string of the molecule is Cc1ccc(NC(=O)c2cnn3c2NC2=C(C(=O)CCC2)[C@H]3c2ccc(Cl)cc2)cc1C. The fraction of sp³-hybridized carbons (Fsp3) is 0.240. The first-order chi connectivity index (χ1) is 15.4. The number of rotatable bonds is 3. The Morgan fingerprint density at radius 3 is 2.66 bits per heavy atom. The predicted molar refractivity (Wildman–Crippen MR) is 125 cm³/mol. The maximum atomic E-state index is 13.2. The highest BCUT2D eigenvalue weighted by Gasteiger charge is 2.37. The van der Waals surface area contributed by atoms with Crippen LogP contribution in [0.25, 0.3) is 0 Å². The predicted octanol–water partition coefficient (Wildman–Crippen LogP) is 5.43. The largest absolute Gasteiger partial charge is 0.343 e. The topological polar surface area (TPSA) is 76.0 Å². The molecule has 7 heteroatoms. The van der Waals surface area contributed by atoms with Crippen LogP contribution in [0.5, 0.6) is 0 Å². The van der Waals surface area contributed by atoms with E-state index >= 15 is 0 Å². The van der Waals surface area contributed by atoms with Crippen LogP contribution in [0.4, 0.5) is 11.5 Å². The lowest BCUT2D eigenvalue weighted by molar-refractivity contribution is -0.116. The van der Waals surface area contributed by atoms with Crippen molar-refractivity contribution in [1.82, 2.24) is 9.78 Å². The van der Waals surface area contributed by atoms with E-state index in [4.69, 9.17) is 11.6 Å². The van der Waals surface area contributed by atoms with Crippen molar-refractivity contribution in [1.29, 1.82) is 0 Å². The molecule has 0 bridgehead atoms. The molecule has 1 aromatic heterocycles. The number of anilines is 2. The maximum absolute atomic E-state index is 13.2. The molecule has 0 saturated heterocycles. The molecule has 1 amide bonds. The molecule has 0 fully saturated rings. The van der Waals surface area contributed by atoms with Crippen molar-refractivity contribution in [3.05, 3.63) is 87.2 Å². The van der Waals surface area contributed by atoms with Gasteiger partial charge >= 0.3 is 0 Å². The second-order valence-corrected chi connectivity index (χ2v) is 8.79. The highest BCUT2D eigenvalue weighted by atomic mass is 35.5. The minimum atomic E-state index is -0.394. The Labute approximate surface area is 191 Å². The molecule has 1 atom stereocenters. The number of nitrogens with one attached hydrogen (secondary N) is 2. The van der Waals surface area contributed by atoms with Crippen LogP contribution in [-0.2, 0) is 4.79 Å². The van der Waals surface area contributed by atoms with Crippen LogP contribution in [0, 0.1) is 13.8 Å². The van der Waals surface area contributed by atoms with Gasteiger partial charge in [-0.05, 0) is 67.6 Å². The first kappa shape index (κ1) is 20.5. The van der Waals surface area contributed by atoms with Gasteiger partial charge in [0, 0.05) is 28.4 Å². The average Bonchev–Trinajstić information content (AvgIpc) is 3.19. The number of aryl methyl sites for hydroxylation is 2. The quantitative estimate of drug-likeness (QED) is 0.562. The summed E-state index contributed by atoms with van der Waals surface area (Å²) in [6.07, 6.45) is 3.62. The number of hydrogen-bond acceptors (Lipinski definition) is 4. The summed E-state index contributed by atoms with van der Waals surface area (Å²) < 4.78 is 1.74. The number of carbonyl (C=O) groups is 2. The zero-order valence-electron chi connectivity index (χ0n) is 17.9. The van der Waals surface area contributed by atoms with Crippen molar-refractivity contribution in [2.45, 2.75) is 39.2 Å². The number of ketones is 1. The summed E-state index contributed by atoms with van der Waals surface area (Å²) in [5, 5.41) is 11.5. The monoisotopic (exact) mass is 446 g/mol. The Balaban J connectivity index is 1.55. The van der Waals surface area contributed by atoms with Crippen LogP contribution >= 0.6 is 11.6 Å². The molecule has 2 aromatic carbocycles. The van der Waals surface area contributed by atoms with Crippen molar-refractivity contribution in [3.8, 4) is 0 Å². The number of benzene rings is 2. The molecule has 5 rings (SSSR count). The molecule has 0 unspecified atom stereocenters. The molecule has 0 spiro atoms. The van der Waals surface area contributed by atoms with Crippen LogP contribution in [0.2, 0.25) is 5.02 Å². The Kier molecular flexibility index (Phi) is 5.10. The van der Waals surface area contributed by atoms with Crippen molar-refractivity contribution >= 4 is 34.8 Å². The van der Waals surface area contributed by atoms with Crippen molar-refractivity contribution in [2.75, 3.05) is 10.6 Å². The molecule has 6 nitrogen and oxygen atoms in total. The fourth-order valence-corrected chi connectivity index (χ4v) is 4.52. The normalized spacial score (nSPS) is 17.5. The first-order valence-electron chi connectivity index (χ1n) is 10.7. The van der Waals surface area contributed by atoms with E-state index in [2.05, 4.69) is 15.7 Å². The maximum Gasteiger partial charge on any atom is 0.261 e. The zero-order chi connectivity index (χ0) is 22.4. The van der Waals surface area contributed by atoms with Crippen LogP contribution in [-0.4, -0.2) is 21.5 Å². The standard InChI is InChI=1S/C25H23ClN4O2/c1-14-6-11-18(12-15(14)2)28-25(32)19-13-27-30-23(16-7-9-17(26)10-8-16)22-20(29-24(19)30)4-3-5-21(22)31/h6-13,23,29H,3-5H2,1-2H3,(H,28,32)/t23-/m1/s1. The number of hydrogen-bond donors (Lipinski definition) is 2. The molecule has 1 aliphatic heterocycles. The summed E-state index contributed by atoms with van der Waals surface area (Å²) in [5.41, 5.74) is 5.94. The lowest BCUT2D eigenvalue weighted by Crippen LogP contribution is -2.32. The number of aromatic nitrogens is 2. The molecule has 32 heavy (non-hydrogen) atoms. The third kappa shape index (κ3) is 3.50. The molecule has 3 aromatic rings. The summed E-state index contributed by atoms with van der Waals surface area (Å²) >= 11 is 6.09. The van der Waals surface area contributed by atoms with Gasteiger partial charge in [-0.1, -0.05) is 29.8 Å². The van der Waals surface area contributed by atoms with Crippen LogP contribution in [0.1, 0.15) is 52.4 Å². The zero-order valence-corrected chi connectivity index (χ0v) is 18.7. The van der Waals surface area contributed by atoms with Crippen LogP contribution in [0.3, 0.4) is 0 Å². The summed E-state index contributed by atoms with van der Waals surface area (Å²) in [6, 6.07) is 12.9. The lowest BCUT2D eigenvalue weighted by atomic mass is 9.85. The Morgan fingerprint density at radius 2 is 1.91 bits per heavy atom. The third-order valence-electron chi connectivity index (χ3n) is 6.23. The van der Waals surface area contributed by atoms with Gasteiger partial charge in [0.05, 0.1) is 6.20 Å². The van der Waals surface area contributed by atoms with E-state index in [0.717, 1.165) is 40.9 Å². The van der Waals surface area contributed by atoms with Gasteiger partial charge in [0.1, 0.15) is 17.4 Å². The summed E-state index contributed by atoms with van der Waals surface area (Å²) in [5.74, 6) is 0.462. The third-order valence-corrected chi connectivity index (χ3v) is 6.49. The van der Waals surface area contributed by atoms with Crippen LogP contribution in [0.15, 0.2) is 59.9 Å². The molecular weight excluding hydrogens is 424 g/mol. The average molecular weight is 447 g/mol. The van der Waals surface area contributed by atoms with E-state index in [1.807, 2.05) is 56.3 Å². The van der Waals surface area contributed by atoms with E-state index in [9.17, 15) is 9.59 Å². The molecule has 0 radical (unpaired) electrons. The van der Waals surface area contributed by atoms with E-state index in [-0.39, 0.29) is 11.7 Å². The number of Topliss-reactive ketones (excluding diaryl/α,β-unsaturated/α-hetero) is 1. The van der Waals surface area contributed by atoms with E-state index < -0.39 is 6.04 Å². The molecule has 2 heterocycles. The summed E-state index contributed by atoms with van der Waals surface area (Å²) in [6.45, 7) is 4.05. The summed E-state index contributed by atoms with van der Waals surface area (Å²) in [4.78, 5) is 26.0. The molecule has 1 aliphatic carbocycles. The second-order valence-electron chi connectivity index (χ2n) is 8.35. The molecule has 162 valence electrons. The molecule has 0 saturated carbocycles. The lowest BCUT2D eigenvalue weighted by Gasteiger charge is -2.33. The van der Waals surface area contributed by atoms with Crippen molar-refractivity contribution in [3.63, 3.8) is 0 Å². The first-order valence-corrected chi connectivity index (χ1v) is 11.0. The second kappa shape index (κ2) is 7.95. The van der Waals surface area contributed by atoms with E-state index in [1.54, 1.807) is 10.9 Å². The Bertz CT molecular complexity index is 1270. The van der Waals surface area contributed by atoms with Crippen molar-refractivity contribution in [2.24, 2.45) is 0 Å². The van der Waals surface area contributed by atoms with Gasteiger partial charge in [0.25, 0.3) is 5.91 Å². The smallest absolute Gasteiger partial charge is 0.261 e. The number of amides is 1. The van der Waals surface area contributed by atoms with E-state index in [0.29, 0.717) is 22.8 Å². The van der Waals surface area contributed by atoms with Gasteiger partial charge in [0.15, 0.2) is 5.78 Å². The van der Waals surface area contributed by atoms with Gasteiger partial charge in [-0.15, -0.1) is 0 Å². The number of nitrogens with zero attached hydrogens (tertiary/aromatic N) is 2. The van der Waals surface area contributed by atoms with Gasteiger partial charge in [-0.25, -0.2) is 4.68 Å². The minimum absolute atomic E-state index is 0.112. The highest BCUT2D eigenvalue weighted by molar-refractivity contribution is 6.30. The Hall–Kier alpha value is -3.38. The molecule has 2 N–H and O–H groups in total.